The monoisotopic (exact) mass is 197 g/mol. The summed E-state index contributed by atoms with van der Waals surface area (Å²) >= 11 is 3.00. The zero-order valence-electron chi connectivity index (χ0n) is 6.75. The third-order valence-electron chi connectivity index (χ3n) is 1.45. The average molecular weight is 197 g/mol. The van der Waals surface area contributed by atoms with Crippen molar-refractivity contribution in [3.8, 4) is 6.07 Å². The topological polar surface area (TPSA) is 40.9 Å². The van der Waals surface area contributed by atoms with E-state index in [9.17, 15) is 4.79 Å². The molecule has 0 N–H and O–H groups in total. The van der Waals surface area contributed by atoms with Crippen LogP contribution in [0.4, 0.5) is 0 Å². The fourth-order valence-corrected chi connectivity index (χ4v) is 3.09. The molecule has 0 saturated heterocycles. The van der Waals surface area contributed by atoms with Crippen molar-refractivity contribution in [2.24, 2.45) is 0 Å². The van der Waals surface area contributed by atoms with Gasteiger partial charge in [0.2, 0.25) is 0 Å². The molecule has 0 spiro atoms. The summed E-state index contributed by atoms with van der Waals surface area (Å²) in [6.45, 7) is 3.97. The molecule has 62 valence electrons. The lowest BCUT2D eigenvalue weighted by Gasteiger charge is -1.93. The Morgan fingerprint density at radius 3 is 2.25 bits per heavy atom. The number of hydrogen-bond acceptors (Lipinski definition) is 4. The van der Waals surface area contributed by atoms with Crippen molar-refractivity contribution in [3.63, 3.8) is 0 Å². The first kappa shape index (κ1) is 9.43. The molecule has 0 atom stereocenters. The molecule has 2 nitrogen and oxygen atoms in total. The van der Waals surface area contributed by atoms with E-state index in [0.717, 1.165) is 4.24 Å². The van der Waals surface area contributed by atoms with E-state index in [1.54, 1.807) is 0 Å². The highest BCUT2D eigenvalue weighted by Crippen LogP contribution is 2.49. The normalized spacial score (nSPS) is 16.2. The number of carbonyl (C=O) groups is 1. The number of nitrogens with zero attached hydrogens (tertiary/aromatic N) is 1. The predicted molar refractivity (Wildman–Crippen MR) is 52.3 cm³/mol. The molecule has 0 radical (unpaired) electrons. The fourth-order valence-electron chi connectivity index (χ4n) is 0.673. The second-order valence-electron chi connectivity index (χ2n) is 2.25. The first-order chi connectivity index (χ1) is 5.69. The minimum atomic E-state index is 0.237. The van der Waals surface area contributed by atoms with Crippen LogP contribution >= 0.6 is 23.5 Å². The number of carbonyl (C=O) groups excluding carboxylic acids is 1. The lowest BCUT2D eigenvalue weighted by Crippen LogP contribution is -1.80. The molecule has 1 heterocycles. The molecule has 0 aromatic heterocycles. The molecule has 1 aliphatic heterocycles. The fraction of sp³-hybridized carbons (Fsp3) is 0.250. The summed E-state index contributed by atoms with van der Waals surface area (Å²) in [7, 11) is 0. The van der Waals surface area contributed by atoms with Crippen LogP contribution < -0.4 is 0 Å². The maximum absolute atomic E-state index is 10.4. The molecule has 0 fully saturated rings. The summed E-state index contributed by atoms with van der Waals surface area (Å²) in [5, 5.41) is 8.57. The van der Waals surface area contributed by atoms with E-state index in [4.69, 9.17) is 5.26 Å². The van der Waals surface area contributed by atoms with Gasteiger partial charge in [0, 0.05) is 0 Å². The van der Waals surface area contributed by atoms with Crippen LogP contribution in [0.15, 0.2) is 19.6 Å². The van der Waals surface area contributed by atoms with Gasteiger partial charge in [0.25, 0.3) is 0 Å². The third kappa shape index (κ3) is 1.74. The smallest absolute Gasteiger partial charge is 0.162 e. The summed E-state index contributed by atoms with van der Waals surface area (Å²) in [5.41, 5.74) is 0.237. The van der Waals surface area contributed by atoms with Gasteiger partial charge in [-0.2, -0.15) is 5.26 Å². The summed E-state index contributed by atoms with van der Waals surface area (Å²) in [6, 6.07) is 1.88. The minimum Gasteiger partial charge on any atom is -0.297 e. The molecule has 4 heteroatoms. The second-order valence-corrected chi connectivity index (χ2v) is 4.96. The lowest BCUT2D eigenvalue weighted by molar-refractivity contribution is -0.104. The predicted octanol–water partition coefficient (Wildman–Crippen LogP) is 2.65. The van der Waals surface area contributed by atoms with Crippen molar-refractivity contribution in [1.29, 1.82) is 5.26 Å². The van der Waals surface area contributed by atoms with Gasteiger partial charge in [-0.05, 0) is 23.7 Å². The molecule has 0 bridgehead atoms. The molecule has 1 aliphatic rings. The lowest BCUT2D eigenvalue weighted by atomic mass is 10.4. The Labute approximate surface area is 79.7 Å². The Hall–Kier alpha value is -0.660. The Kier molecular flexibility index (Phi) is 3.01. The molecular weight excluding hydrogens is 190 g/mol. The number of aldehydes is 1. The molecule has 0 unspecified atom stereocenters. The summed E-state index contributed by atoms with van der Waals surface area (Å²) < 4.78 is 0.808. The van der Waals surface area contributed by atoms with Gasteiger partial charge in [0.05, 0.1) is 4.24 Å². The van der Waals surface area contributed by atoms with E-state index in [1.165, 1.54) is 33.3 Å². The van der Waals surface area contributed by atoms with Gasteiger partial charge in [-0.1, -0.05) is 23.5 Å². The van der Waals surface area contributed by atoms with E-state index < -0.39 is 0 Å². The van der Waals surface area contributed by atoms with Gasteiger partial charge >= 0.3 is 0 Å². The summed E-state index contributed by atoms with van der Waals surface area (Å²) in [4.78, 5) is 12.8. The number of thioether (sulfide) groups is 2. The molecule has 0 aliphatic carbocycles. The Morgan fingerprint density at radius 1 is 1.42 bits per heavy atom. The highest BCUT2D eigenvalue weighted by molar-refractivity contribution is 8.28. The van der Waals surface area contributed by atoms with E-state index in [0.29, 0.717) is 6.29 Å². The van der Waals surface area contributed by atoms with Gasteiger partial charge in [-0.15, -0.1) is 0 Å². The van der Waals surface area contributed by atoms with Gasteiger partial charge < -0.3 is 0 Å². The number of rotatable bonds is 1. The summed E-state index contributed by atoms with van der Waals surface area (Å²) in [5.74, 6) is 0. The molecule has 1 rings (SSSR count). The van der Waals surface area contributed by atoms with Gasteiger partial charge in [-0.25, -0.2) is 0 Å². The van der Waals surface area contributed by atoms with E-state index in [-0.39, 0.29) is 5.57 Å². The molecular formula is C8H7NOS2. The van der Waals surface area contributed by atoms with Crippen molar-refractivity contribution in [1.82, 2.24) is 0 Å². The number of allylic oxidation sites excluding steroid dienone is 3. The van der Waals surface area contributed by atoms with Crippen LogP contribution in [0.25, 0.3) is 0 Å². The van der Waals surface area contributed by atoms with Gasteiger partial charge in [0.15, 0.2) is 6.29 Å². The quantitative estimate of drug-likeness (QED) is 0.368. The van der Waals surface area contributed by atoms with Gasteiger partial charge in [0.1, 0.15) is 11.6 Å². The van der Waals surface area contributed by atoms with Crippen LogP contribution in [-0.4, -0.2) is 6.29 Å². The third-order valence-corrected chi connectivity index (χ3v) is 4.11. The van der Waals surface area contributed by atoms with Crippen LogP contribution in [0.5, 0.6) is 0 Å². The Bertz CT molecular complexity index is 306. The van der Waals surface area contributed by atoms with Crippen molar-refractivity contribution in [3.05, 3.63) is 19.6 Å². The highest BCUT2D eigenvalue weighted by Gasteiger charge is 2.17. The highest BCUT2D eigenvalue weighted by atomic mass is 32.2. The SMILES string of the molecule is CC1=C(C)SC(=C(C#N)C=O)S1. The van der Waals surface area contributed by atoms with Crippen molar-refractivity contribution >= 4 is 29.8 Å². The van der Waals surface area contributed by atoms with E-state index in [2.05, 4.69) is 0 Å². The summed E-state index contributed by atoms with van der Waals surface area (Å²) in [6.07, 6.45) is 0.612. The number of nitriles is 1. The minimum absolute atomic E-state index is 0.237. The second kappa shape index (κ2) is 3.83. The molecule has 0 aromatic carbocycles. The van der Waals surface area contributed by atoms with Gasteiger partial charge in [-0.3, -0.25) is 4.79 Å². The molecule has 0 amide bonds. The first-order valence-corrected chi connectivity index (χ1v) is 4.95. The van der Waals surface area contributed by atoms with Crippen LogP contribution in [0, 0.1) is 11.3 Å². The maximum atomic E-state index is 10.4. The maximum Gasteiger partial charge on any atom is 0.162 e. The molecule has 12 heavy (non-hydrogen) atoms. The van der Waals surface area contributed by atoms with E-state index in [1.807, 2.05) is 19.9 Å². The zero-order valence-corrected chi connectivity index (χ0v) is 8.38. The van der Waals surface area contributed by atoms with Crippen molar-refractivity contribution < 1.29 is 4.79 Å². The van der Waals surface area contributed by atoms with Crippen LogP contribution in [0.2, 0.25) is 0 Å². The van der Waals surface area contributed by atoms with Crippen molar-refractivity contribution in [2.75, 3.05) is 0 Å². The first-order valence-electron chi connectivity index (χ1n) is 3.31. The standard InChI is InChI=1S/C8H7NOS2/c1-5-6(2)12-8(11-5)7(3-9)4-10/h4H,1-2H3. The van der Waals surface area contributed by atoms with E-state index >= 15 is 0 Å². The van der Waals surface area contributed by atoms with Crippen molar-refractivity contribution in [2.45, 2.75) is 13.8 Å². The van der Waals surface area contributed by atoms with Crippen LogP contribution in [0.1, 0.15) is 13.8 Å². The van der Waals surface area contributed by atoms with Crippen LogP contribution in [-0.2, 0) is 4.79 Å². The average Bonchev–Trinajstić information content (AvgIpc) is 2.35. The number of hydrogen-bond donors (Lipinski definition) is 0. The van der Waals surface area contributed by atoms with Crippen LogP contribution in [0.3, 0.4) is 0 Å². The Balaban J connectivity index is 2.93. The molecule has 0 aromatic rings. The Morgan fingerprint density at radius 2 is 1.92 bits per heavy atom. The largest absolute Gasteiger partial charge is 0.297 e. The zero-order chi connectivity index (χ0) is 9.14. The molecule has 0 saturated carbocycles.